The molecule has 0 saturated carbocycles. The van der Waals surface area contributed by atoms with Gasteiger partial charge in [0.25, 0.3) is 0 Å². The van der Waals surface area contributed by atoms with Gasteiger partial charge in [0.05, 0.1) is 19.8 Å². The van der Waals surface area contributed by atoms with E-state index in [1.54, 1.807) is 24.3 Å². The minimum absolute atomic E-state index is 0.444. The minimum atomic E-state index is -0.444. The highest BCUT2D eigenvalue weighted by molar-refractivity contribution is 5.92. The number of rotatable bonds is 9. The first kappa shape index (κ1) is 14.5. The molecule has 100 valence electrons. The fraction of sp³-hybridized carbons (Fsp3) is 0.462. The maximum Gasteiger partial charge on any atom is 0.248 e. The molecule has 0 aromatic heterocycles. The van der Waals surface area contributed by atoms with Crippen molar-refractivity contribution >= 4 is 5.91 Å². The summed E-state index contributed by atoms with van der Waals surface area (Å²) >= 11 is 0. The van der Waals surface area contributed by atoms with E-state index in [1.165, 1.54) is 0 Å². The molecule has 1 amide bonds. The molecule has 0 aliphatic carbocycles. The predicted octanol–water partition coefficient (Wildman–Crippen LogP) is 1.22. The van der Waals surface area contributed by atoms with Gasteiger partial charge in [-0.15, -0.1) is 0 Å². The van der Waals surface area contributed by atoms with Crippen molar-refractivity contribution in [2.24, 2.45) is 5.73 Å². The molecule has 1 rings (SSSR count). The topological polar surface area (TPSA) is 70.8 Å². The maximum absolute atomic E-state index is 10.8. The molecular formula is C13H19NO4. The Hall–Kier alpha value is -1.59. The lowest BCUT2D eigenvalue weighted by molar-refractivity contribution is 0.0405. The third kappa shape index (κ3) is 5.65. The number of hydrogen-bond donors (Lipinski definition) is 1. The van der Waals surface area contributed by atoms with Crippen molar-refractivity contribution in [2.75, 3.05) is 33.0 Å². The molecule has 0 heterocycles. The summed E-state index contributed by atoms with van der Waals surface area (Å²) in [5, 5.41) is 0. The summed E-state index contributed by atoms with van der Waals surface area (Å²) in [4.78, 5) is 10.8. The zero-order valence-electron chi connectivity index (χ0n) is 10.6. The highest BCUT2D eigenvalue weighted by atomic mass is 16.5. The van der Waals surface area contributed by atoms with Gasteiger partial charge in [-0.1, -0.05) is 0 Å². The summed E-state index contributed by atoms with van der Waals surface area (Å²) in [6.07, 6.45) is 0. The van der Waals surface area contributed by atoms with Gasteiger partial charge in [0.1, 0.15) is 12.4 Å². The van der Waals surface area contributed by atoms with E-state index in [-0.39, 0.29) is 0 Å². The maximum atomic E-state index is 10.8. The van der Waals surface area contributed by atoms with Crippen molar-refractivity contribution in [2.45, 2.75) is 6.92 Å². The summed E-state index contributed by atoms with van der Waals surface area (Å²) < 4.78 is 15.8. The molecule has 0 saturated heterocycles. The van der Waals surface area contributed by atoms with Crippen LogP contribution in [0, 0.1) is 0 Å². The molecule has 0 fully saturated rings. The molecule has 0 atom stereocenters. The van der Waals surface area contributed by atoms with Crippen molar-refractivity contribution in [3.8, 4) is 5.75 Å². The van der Waals surface area contributed by atoms with Gasteiger partial charge in [0.15, 0.2) is 0 Å². The van der Waals surface area contributed by atoms with Crippen LogP contribution >= 0.6 is 0 Å². The van der Waals surface area contributed by atoms with Crippen molar-refractivity contribution in [3.05, 3.63) is 29.8 Å². The van der Waals surface area contributed by atoms with Gasteiger partial charge < -0.3 is 19.9 Å². The SMILES string of the molecule is CCOCCOCCOc1ccc(C(N)=O)cc1. The summed E-state index contributed by atoms with van der Waals surface area (Å²) in [6.45, 7) is 4.78. The van der Waals surface area contributed by atoms with Gasteiger partial charge in [0, 0.05) is 12.2 Å². The van der Waals surface area contributed by atoms with Crippen LogP contribution in [0.15, 0.2) is 24.3 Å². The number of ether oxygens (including phenoxy) is 3. The van der Waals surface area contributed by atoms with E-state index in [4.69, 9.17) is 19.9 Å². The normalized spacial score (nSPS) is 10.3. The van der Waals surface area contributed by atoms with Gasteiger partial charge >= 0.3 is 0 Å². The first-order valence-corrected chi connectivity index (χ1v) is 5.92. The number of benzene rings is 1. The van der Waals surface area contributed by atoms with Gasteiger partial charge in [-0.05, 0) is 31.2 Å². The summed E-state index contributed by atoms with van der Waals surface area (Å²) in [6, 6.07) is 6.68. The highest BCUT2D eigenvalue weighted by Crippen LogP contribution is 2.11. The van der Waals surface area contributed by atoms with E-state index in [0.29, 0.717) is 44.3 Å². The molecule has 0 aliphatic rings. The second kappa shape index (κ2) is 8.49. The lowest BCUT2D eigenvalue weighted by Gasteiger charge is -2.07. The first-order valence-electron chi connectivity index (χ1n) is 5.92. The van der Waals surface area contributed by atoms with Crippen molar-refractivity contribution in [1.82, 2.24) is 0 Å². The molecule has 2 N–H and O–H groups in total. The zero-order valence-corrected chi connectivity index (χ0v) is 10.6. The number of hydrogen-bond acceptors (Lipinski definition) is 4. The fourth-order valence-corrected chi connectivity index (χ4v) is 1.30. The van der Waals surface area contributed by atoms with Crippen LogP contribution in [0.5, 0.6) is 5.75 Å². The van der Waals surface area contributed by atoms with E-state index >= 15 is 0 Å². The largest absolute Gasteiger partial charge is 0.491 e. The quantitative estimate of drug-likeness (QED) is 0.672. The Bertz CT molecular complexity index is 351. The van der Waals surface area contributed by atoms with Gasteiger partial charge in [0.2, 0.25) is 5.91 Å². The standard InChI is InChI=1S/C13H19NO4/c1-2-16-7-8-17-9-10-18-12-5-3-11(4-6-12)13(14)15/h3-6H,2,7-10H2,1H3,(H2,14,15). The van der Waals surface area contributed by atoms with Gasteiger partial charge in [-0.2, -0.15) is 0 Å². The molecule has 1 aromatic rings. The predicted molar refractivity (Wildman–Crippen MR) is 67.8 cm³/mol. The Morgan fingerprint density at radius 2 is 1.67 bits per heavy atom. The van der Waals surface area contributed by atoms with Crippen LogP contribution < -0.4 is 10.5 Å². The number of primary amides is 1. The van der Waals surface area contributed by atoms with Crippen LogP contribution in [-0.4, -0.2) is 38.9 Å². The molecule has 5 nitrogen and oxygen atoms in total. The molecule has 0 unspecified atom stereocenters. The van der Waals surface area contributed by atoms with Crippen LogP contribution in [-0.2, 0) is 9.47 Å². The number of amides is 1. The van der Waals surface area contributed by atoms with E-state index in [9.17, 15) is 4.79 Å². The van der Waals surface area contributed by atoms with E-state index in [0.717, 1.165) is 0 Å². The molecule has 0 aliphatic heterocycles. The van der Waals surface area contributed by atoms with Gasteiger partial charge in [-0.3, -0.25) is 4.79 Å². The van der Waals surface area contributed by atoms with Crippen LogP contribution in [0.1, 0.15) is 17.3 Å². The monoisotopic (exact) mass is 253 g/mol. The summed E-state index contributed by atoms with van der Waals surface area (Å²) in [7, 11) is 0. The summed E-state index contributed by atoms with van der Waals surface area (Å²) in [5.41, 5.74) is 5.60. The van der Waals surface area contributed by atoms with Gasteiger partial charge in [-0.25, -0.2) is 0 Å². The van der Waals surface area contributed by atoms with E-state index < -0.39 is 5.91 Å². The minimum Gasteiger partial charge on any atom is -0.491 e. The zero-order chi connectivity index (χ0) is 13.2. The number of carbonyl (C=O) groups is 1. The number of nitrogens with two attached hydrogens (primary N) is 1. The smallest absolute Gasteiger partial charge is 0.248 e. The molecular weight excluding hydrogens is 234 g/mol. The molecule has 1 aromatic carbocycles. The van der Waals surface area contributed by atoms with Crippen molar-refractivity contribution in [1.29, 1.82) is 0 Å². The molecule has 18 heavy (non-hydrogen) atoms. The Labute approximate surface area is 107 Å². The second-order valence-corrected chi connectivity index (χ2v) is 3.55. The molecule has 5 heteroatoms. The molecule has 0 spiro atoms. The second-order valence-electron chi connectivity index (χ2n) is 3.55. The first-order chi connectivity index (χ1) is 8.74. The van der Waals surface area contributed by atoms with E-state index in [1.807, 2.05) is 6.92 Å². The average molecular weight is 253 g/mol. The summed E-state index contributed by atoms with van der Waals surface area (Å²) in [5.74, 6) is 0.245. The van der Waals surface area contributed by atoms with Crippen LogP contribution in [0.25, 0.3) is 0 Å². The molecule has 0 bridgehead atoms. The number of carbonyl (C=O) groups excluding carboxylic acids is 1. The Balaban J connectivity index is 2.14. The van der Waals surface area contributed by atoms with Crippen molar-refractivity contribution < 1.29 is 19.0 Å². The van der Waals surface area contributed by atoms with Crippen LogP contribution in [0.3, 0.4) is 0 Å². The van der Waals surface area contributed by atoms with Crippen LogP contribution in [0.2, 0.25) is 0 Å². The highest BCUT2D eigenvalue weighted by Gasteiger charge is 2.00. The van der Waals surface area contributed by atoms with Crippen LogP contribution in [0.4, 0.5) is 0 Å². The molecule has 0 radical (unpaired) electrons. The Morgan fingerprint density at radius 3 is 2.28 bits per heavy atom. The lowest BCUT2D eigenvalue weighted by atomic mass is 10.2. The van der Waals surface area contributed by atoms with E-state index in [2.05, 4.69) is 0 Å². The lowest BCUT2D eigenvalue weighted by Crippen LogP contribution is -2.12. The average Bonchev–Trinajstić information content (AvgIpc) is 2.38. The third-order valence-corrected chi connectivity index (χ3v) is 2.21. The fourth-order valence-electron chi connectivity index (χ4n) is 1.30. The Kier molecular flexibility index (Phi) is 6.83. The Morgan fingerprint density at radius 1 is 1.06 bits per heavy atom. The third-order valence-electron chi connectivity index (χ3n) is 2.21. The van der Waals surface area contributed by atoms with Crippen molar-refractivity contribution in [3.63, 3.8) is 0 Å².